The fourth-order valence-electron chi connectivity index (χ4n) is 2.99. The number of hydrogen-bond donors (Lipinski definition) is 1. The molecule has 2 aromatic heterocycles. The van der Waals surface area contributed by atoms with E-state index in [4.69, 9.17) is 14.2 Å². The molecular weight excluding hydrogens is 352 g/mol. The molecule has 0 radical (unpaired) electrons. The summed E-state index contributed by atoms with van der Waals surface area (Å²) in [4.78, 5) is 13.8. The van der Waals surface area contributed by atoms with Crippen molar-refractivity contribution in [3.63, 3.8) is 0 Å². The van der Waals surface area contributed by atoms with E-state index in [0.717, 1.165) is 22.3 Å². The largest absolute Gasteiger partial charge is 0.493 e. The normalized spacial score (nSPS) is 10.8. The number of carbonyl (C=O) groups excluding carboxylic acids is 1. The summed E-state index contributed by atoms with van der Waals surface area (Å²) in [6.45, 7) is 3.14. The SMILES string of the molecule is CCn1c(C(=O)NCc2cc(OC)c(OC)c(OC)c2)cc2ccsc21. The minimum Gasteiger partial charge on any atom is -0.493 e. The predicted octanol–water partition coefficient (Wildman–Crippen LogP) is 3.68. The Labute approximate surface area is 156 Å². The van der Waals surface area contributed by atoms with Crippen LogP contribution in [0.15, 0.2) is 29.6 Å². The van der Waals surface area contributed by atoms with E-state index in [0.29, 0.717) is 29.5 Å². The Hall–Kier alpha value is -2.67. The van der Waals surface area contributed by atoms with Crippen molar-refractivity contribution in [2.75, 3.05) is 21.3 Å². The van der Waals surface area contributed by atoms with Crippen LogP contribution in [0.25, 0.3) is 10.2 Å². The number of thiophene rings is 1. The van der Waals surface area contributed by atoms with Gasteiger partial charge in [0.1, 0.15) is 10.5 Å². The standard InChI is InChI=1S/C19H22N2O4S/c1-5-21-14(10-13-6-7-26-19(13)21)18(22)20-11-12-8-15(23-2)17(25-4)16(9-12)24-3/h6-10H,5,11H2,1-4H3,(H,20,22). The third kappa shape index (κ3) is 3.22. The second-order valence-electron chi connectivity index (χ2n) is 5.67. The van der Waals surface area contributed by atoms with Gasteiger partial charge in [-0.25, -0.2) is 0 Å². The van der Waals surface area contributed by atoms with Crippen molar-refractivity contribution in [3.8, 4) is 17.2 Å². The van der Waals surface area contributed by atoms with Crippen molar-refractivity contribution < 1.29 is 19.0 Å². The van der Waals surface area contributed by atoms with Crippen LogP contribution in [0.3, 0.4) is 0 Å². The van der Waals surface area contributed by atoms with Crippen LogP contribution in [0.4, 0.5) is 0 Å². The Morgan fingerprint density at radius 2 is 1.81 bits per heavy atom. The highest BCUT2D eigenvalue weighted by molar-refractivity contribution is 7.16. The van der Waals surface area contributed by atoms with Crippen LogP contribution in [0.5, 0.6) is 17.2 Å². The number of hydrogen-bond acceptors (Lipinski definition) is 5. The number of nitrogens with one attached hydrogen (secondary N) is 1. The van der Waals surface area contributed by atoms with Gasteiger partial charge in [0.05, 0.1) is 21.3 Å². The van der Waals surface area contributed by atoms with Gasteiger partial charge in [0.25, 0.3) is 5.91 Å². The first-order valence-corrected chi connectivity index (χ1v) is 9.14. The van der Waals surface area contributed by atoms with Gasteiger partial charge in [-0.15, -0.1) is 11.3 Å². The zero-order valence-electron chi connectivity index (χ0n) is 15.3. The van der Waals surface area contributed by atoms with Gasteiger partial charge in [-0.05, 0) is 42.1 Å². The van der Waals surface area contributed by atoms with Gasteiger partial charge in [0.2, 0.25) is 5.75 Å². The molecule has 0 aliphatic heterocycles. The van der Waals surface area contributed by atoms with Gasteiger partial charge >= 0.3 is 0 Å². The van der Waals surface area contributed by atoms with Gasteiger partial charge in [-0.2, -0.15) is 0 Å². The Bertz CT molecular complexity index is 904. The highest BCUT2D eigenvalue weighted by Crippen LogP contribution is 2.38. The number of carbonyl (C=O) groups is 1. The topological polar surface area (TPSA) is 61.7 Å². The number of nitrogens with zero attached hydrogens (tertiary/aromatic N) is 1. The van der Waals surface area contributed by atoms with Gasteiger partial charge < -0.3 is 24.1 Å². The average molecular weight is 374 g/mol. The molecule has 0 aliphatic rings. The summed E-state index contributed by atoms with van der Waals surface area (Å²) in [5.74, 6) is 1.55. The summed E-state index contributed by atoms with van der Waals surface area (Å²) >= 11 is 1.64. The van der Waals surface area contributed by atoms with Gasteiger partial charge in [0, 0.05) is 18.5 Å². The van der Waals surface area contributed by atoms with Crippen molar-refractivity contribution in [2.24, 2.45) is 0 Å². The van der Waals surface area contributed by atoms with E-state index >= 15 is 0 Å². The fraction of sp³-hybridized carbons (Fsp3) is 0.316. The fourth-order valence-corrected chi connectivity index (χ4v) is 3.95. The lowest BCUT2D eigenvalue weighted by Crippen LogP contribution is -2.25. The maximum Gasteiger partial charge on any atom is 0.268 e. The molecule has 6 nitrogen and oxygen atoms in total. The van der Waals surface area contributed by atoms with Crippen LogP contribution in [-0.2, 0) is 13.1 Å². The summed E-state index contributed by atoms with van der Waals surface area (Å²) in [5.41, 5.74) is 1.53. The lowest BCUT2D eigenvalue weighted by molar-refractivity contribution is 0.0942. The number of benzene rings is 1. The number of fused-ring (bicyclic) bond motifs is 1. The second kappa shape index (κ2) is 7.70. The molecule has 0 spiro atoms. The minimum atomic E-state index is -0.107. The maximum atomic E-state index is 12.7. The summed E-state index contributed by atoms with van der Waals surface area (Å²) < 4.78 is 18.1. The van der Waals surface area contributed by atoms with Crippen molar-refractivity contribution in [2.45, 2.75) is 20.0 Å². The van der Waals surface area contributed by atoms with Crippen molar-refractivity contribution in [1.82, 2.24) is 9.88 Å². The summed E-state index contributed by atoms with van der Waals surface area (Å²) in [6, 6.07) is 7.63. The summed E-state index contributed by atoms with van der Waals surface area (Å²) in [7, 11) is 4.70. The Morgan fingerprint density at radius 3 is 2.38 bits per heavy atom. The minimum absolute atomic E-state index is 0.107. The van der Waals surface area contributed by atoms with Crippen LogP contribution >= 0.6 is 11.3 Å². The molecule has 138 valence electrons. The van der Waals surface area contributed by atoms with Crippen LogP contribution in [0, 0.1) is 0 Å². The molecule has 2 heterocycles. The van der Waals surface area contributed by atoms with Crippen LogP contribution < -0.4 is 19.5 Å². The van der Waals surface area contributed by atoms with Crippen molar-refractivity contribution in [3.05, 3.63) is 40.9 Å². The number of aromatic nitrogens is 1. The Kier molecular flexibility index (Phi) is 5.37. The van der Waals surface area contributed by atoms with E-state index in [9.17, 15) is 4.79 Å². The number of amides is 1. The average Bonchev–Trinajstić information content (AvgIpc) is 3.25. The zero-order valence-corrected chi connectivity index (χ0v) is 16.1. The van der Waals surface area contributed by atoms with Gasteiger partial charge in [-0.1, -0.05) is 0 Å². The number of methoxy groups -OCH3 is 3. The van der Waals surface area contributed by atoms with Crippen LogP contribution in [0.2, 0.25) is 0 Å². The van der Waals surface area contributed by atoms with E-state index in [1.165, 1.54) is 0 Å². The first kappa shape index (κ1) is 18.1. The highest BCUT2D eigenvalue weighted by atomic mass is 32.1. The molecule has 0 atom stereocenters. The number of rotatable bonds is 7. The molecule has 0 saturated carbocycles. The first-order valence-electron chi connectivity index (χ1n) is 8.26. The Balaban J connectivity index is 1.81. The van der Waals surface area contributed by atoms with Crippen molar-refractivity contribution >= 4 is 27.5 Å². The predicted molar refractivity (Wildman–Crippen MR) is 103 cm³/mol. The molecule has 3 aromatic rings. The zero-order chi connectivity index (χ0) is 18.7. The third-order valence-corrected chi connectivity index (χ3v) is 5.18. The molecule has 0 aliphatic carbocycles. The van der Waals surface area contributed by atoms with E-state index in [1.807, 2.05) is 41.1 Å². The maximum absolute atomic E-state index is 12.7. The molecule has 0 fully saturated rings. The molecule has 1 amide bonds. The summed E-state index contributed by atoms with van der Waals surface area (Å²) in [5, 5.41) is 6.10. The molecule has 0 unspecified atom stereocenters. The quantitative estimate of drug-likeness (QED) is 0.685. The van der Waals surface area contributed by atoms with E-state index in [2.05, 4.69) is 5.32 Å². The van der Waals surface area contributed by atoms with E-state index < -0.39 is 0 Å². The number of aryl methyl sites for hydroxylation is 1. The van der Waals surface area contributed by atoms with Gasteiger partial charge in [-0.3, -0.25) is 4.79 Å². The molecule has 26 heavy (non-hydrogen) atoms. The molecule has 1 aromatic carbocycles. The molecule has 3 rings (SSSR count). The lowest BCUT2D eigenvalue weighted by Gasteiger charge is -2.14. The van der Waals surface area contributed by atoms with Crippen LogP contribution in [-0.4, -0.2) is 31.8 Å². The molecule has 7 heteroatoms. The van der Waals surface area contributed by atoms with Crippen LogP contribution in [0.1, 0.15) is 23.0 Å². The Morgan fingerprint density at radius 1 is 1.12 bits per heavy atom. The van der Waals surface area contributed by atoms with Gasteiger partial charge in [0.15, 0.2) is 11.5 Å². The molecule has 0 bridgehead atoms. The van der Waals surface area contributed by atoms with Crippen molar-refractivity contribution in [1.29, 1.82) is 0 Å². The smallest absolute Gasteiger partial charge is 0.268 e. The van der Waals surface area contributed by atoms with E-state index in [1.54, 1.807) is 32.7 Å². The summed E-state index contributed by atoms with van der Waals surface area (Å²) in [6.07, 6.45) is 0. The monoisotopic (exact) mass is 374 g/mol. The first-order chi connectivity index (χ1) is 12.6. The number of ether oxygens (including phenoxy) is 3. The second-order valence-corrected chi connectivity index (χ2v) is 6.57. The lowest BCUT2D eigenvalue weighted by atomic mass is 10.1. The highest BCUT2D eigenvalue weighted by Gasteiger charge is 2.17. The molecule has 1 N–H and O–H groups in total. The molecular formula is C19H22N2O4S. The third-order valence-electron chi connectivity index (χ3n) is 4.23. The van der Waals surface area contributed by atoms with E-state index in [-0.39, 0.29) is 5.91 Å². The molecule has 0 saturated heterocycles.